The lowest BCUT2D eigenvalue weighted by atomic mass is 10.00. The fourth-order valence-corrected chi connectivity index (χ4v) is 1.78. The molecule has 2 heterocycles. The highest BCUT2D eigenvalue weighted by molar-refractivity contribution is 5.92. The molecule has 2 rings (SSSR count). The molecule has 0 aromatic rings. The SMILES string of the molecule is CCOC(=O)C1=CNC2C(=C1)CC(F)=CN2O. The fraction of sp³-hybridized carbons (Fsp3) is 0.364. The molecule has 0 bridgehead atoms. The van der Waals surface area contributed by atoms with Gasteiger partial charge in [0.15, 0.2) is 0 Å². The van der Waals surface area contributed by atoms with Crippen LogP contribution in [0.15, 0.2) is 35.4 Å². The van der Waals surface area contributed by atoms with E-state index in [0.29, 0.717) is 11.1 Å². The van der Waals surface area contributed by atoms with E-state index in [1.807, 2.05) is 0 Å². The zero-order valence-corrected chi connectivity index (χ0v) is 9.31. The lowest BCUT2D eigenvalue weighted by Crippen LogP contribution is -2.44. The molecule has 2 aliphatic heterocycles. The first-order chi connectivity index (χ1) is 8.11. The van der Waals surface area contributed by atoms with Crippen LogP contribution in [0.4, 0.5) is 4.39 Å². The van der Waals surface area contributed by atoms with Crippen LogP contribution in [0.25, 0.3) is 0 Å². The largest absolute Gasteiger partial charge is 0.462 e. The highest BCUT2D eigenvalue weighted by Crippen LogP contribution is 2.27. The molecule has 1 unspecified atom stereocenters. The van der Waals surface area contributed by atoms with Crippen LogP contribution in [0.5, 0.6) is 0 Å². The molecule has 0 aromatic heterocycles. The van der Waals surface area contributed by atoms with E-state index in [1.165, 1.54) is 12.3 Å². The Morgan fingerprint density at radius 1 is 1.76 bits per heavy atom. The number of hydroxylamine groups is 2. The number of hydrogen-bond donors (Lipinski definition) is 2. The Balaban J connectivity index is 2.18. The quantitative estimate of drug-likeness (QED) is 0.710. The minimum absolute atomic E-state index is 0.0749. The average Bonchev–Trinajstić information content (AvgIpc) is 2.28. The Hall–Kier alpha value is -1.82. The van der Waals surface area contributed by atoms with Gasteiger partial charge in [0.25, 0.3) is 0 Å². The van der Waals surface area contributed by atoms with Crippen molar-refractivity contribution in [1.82, 2.24) is 10.4 Å². The number of hydrogen-bond acceptors (Lipinski definition) is 5. The third-order valence-corrected chi connectivity index (χ3v) is 2.51. The van der Waals surface area contributed by atoms with E-state index in [-0.39, 0.29) is 13.0 Å². The van der Waals surface area contributed by atoms with Crippen molar-refractivity contribution >= 4 is 5.97 Å². The van der Waals surface area contributed by atoms with E-state index in [1.54, 1.807) is 6.92 Å². The molecular weight excluding hydrogens is 227 g/mol. The number of carbonyl (C=O) groups is 1. The maximum atomic E-state index is 13.1. The summed E-state index contributed by atoms with van der Waals surface area (Å²) in [5.41, 5.74) is 0.902. The maximum absolute atomic E-state index is 13.1. The molecule has 0 aromatic carbocycles. The van der Waals surface area contributed by atoms with E-state index in [4.69, 9.17) is 4.74 Å². The number of allylic oxidation sites excluding steroid dienone is 1. The van der Waals surface area contributed by atoms with E-state index in [9.17, 15) is 14.4 Å². The first kappa shape index (κ1) is 11.7. The third-order valence-electron chi connectivity index (χ3n) is 2.51. The van der Waals surface area contributed by atoms with Crippen LogP contribution in [0.3, 0.4) is 0 Å². The Kier molecular flexibility index (Phi) is 3.14. The molecule has 0 saturated carbocycles. The Bertz CT molecular complexity index is 428. The summed E-state index contributed by atoms with van der Waals surface area (Å²) in [7, 11) is 0. The van der Waals surface area contributed by atoms with E-state index in [0.717, 1.165) is 11.3 Å². The van der Waals surface area contributed by atoms with Crippen LogP contribution in [0.1, 0.15) is 13.3 Å². The van der Waals surface area contributed by atoms with Gasteiger partial charge in [0.05, 0.1) is 18.4 Å². The standard InChI is InChI=1S/C11H13FN2O3/c1-2-17-11(15)8-3-7-4-9(12)6-14(16)10(7)13-5-8/h3,5-6,10,13,16H,2,4H2,1H3. The van der Waals surface area contributed by atoms with Gasteiger partial charge in [0.2, 0.25) is 0 Å². The van der Waals surface area contributed by atoms with E-state index >= 15 is 0 Å². The number of dihydropyridines is 1. The van der Waals surface area contributed by atoms with Gasteiger partial charge in [-0.3, -0.25) is 5.21 Å². The van der Waals surface area contributed by atoms with Gasteiger partial charge in [-0.2, -0.15) is 0 Å². The van der Waals surface area contributed by atoms with Gasteiger partial charge in [-0.1, -0.05) is 0 Å². The van der Waals surface area contributed by atoms with Gasteiger partial charge in [-0.25, -0.2) is 14.2 Å². The molecule has 2 N–H and O–H groups in total. The van der Waals surface area contributed by atoms with Crippen molar-refractivity contribution in [2.45, 2.75) is 19.5 Å². The Labute approximate surface area is 97.8 Å². The predicted octanol–water partition coefficient (Wildman–Crippen LogP) is 1.19. The minimum Gasteiger partial charge on any atom is -0.462 e. The molecule has 0 spiro atoms. The van der Waals surface area contributed by atoms with Crippen molar-refractivity contribution in [3.05, 3.63) is 35.4 Å². The summed E-state index contributed by atoms with van der Waals surface area (Å²) in [6, 6.07) is 0. The molecule has 2 aliphatic rings. The Morgan fingerprint density at radius 3 is 3.24 bits per heavy atom. The number of nitrogens with one attached hydrogen (secondary N) is 1. The minimum atomic E-state index is -0.521. The van der Waals surface area contributed by atoms with Crippen molar-refractivity contribution < 1.29 is 19.1 Å². The molecular formula is C11H13FN2O3. The second kappa shape index (κ2) is 4.58. The molecule has 92 valence electrons. The fourth-order valence-electron chi connectivity index (χ4n) is 1.78. The zero-order valence-electron chi connectivity index (χ0n) is 9.31. The number of esters is 1. The normalized spacial score (nSPS) is 22.9. The lowest BCUT2D eigenvalue weighted by Gasteiger charge is -2.33. The topological polar surface area (TPSA) is 61.8 Å². The van der Waals surface area contributed by atoms with Crippen LogP contribution < -0.4 is 5.32 Å². The van der Waals surface area contributed by atoms with Crippen LogP contribution in [0, 0.1) is 0 Å². The van der Waals surface area contributed by atoms with Gasteiger partial charge in [0, 0.05) is 12.6 Å². The number of carbonyl (C=O) groups excluding carboxylic acids is 1. The number of nitrogens with zero attached hydrogens (tertiary/aromatic N) is 1. The number of ether oxygens (including phenoxy) is 1. The second-order valence-electron chi connectivity index (χ2n) is 3.74. The molecule has 0 fully saturated rings. The number of halogens is 1. The molecule has 0 aliphatic carbocycles. The van der Waals surface area contributed by atoms with Gasteiger partial charge in [0.1, 0.15) is 12.0 Å². The molecule has 0 amide bonds. The van der Waals surface area contributed by atoms with Gasteiger partial charge in [-0.05, 0) is 18.6 Å². The summed E-state index contributed by atoms with van der Waals surface area (Å²) >= 11 is 0. The first-order valence-corrected chi connectivity index (χ1v) is 5.29. The molecule has 0 radical (unpaired) electrons. The monoisotopic (exact) mass is 240 g/mol. The van der Waals surface area contributed by atoms with Crippen molar-refractivity contribution in [2.24, 2.45) is 0 Å². The first-order valence-electron chi connectivity index (χ1n) is 5.29. The van der Waals surface area contributed by atoms with Crippen molar-refractivity contribution in [3.63, 3.8) is 0 Å². The highest BCUT2D eigenvalue weighted by Gasteiger charge is 2.28. The number of rotatable bonds is 2. The summed E-state index contributed by atoms with van der Waals surface area (Å²) < 4.78 is 18.0. The van der Waals surface area contributed by atoms with Gasteiger partial charge < -0.3 is 10.1 Å². The predicted molar refractivity (Wildman–Crippen MR) is 57.2 cm³/mol. The molecule has 1 atom stereocenters. The lowest BCUT2D eigenvalue weighted by molar-refractivity contribution is -0.138. The summed E-state index contributed by atoms with van der Waals surface area (Å²) in [4.78, 5) is 11.5. The average molecular weight is 240 g/mol. The molecule has 0 saturated heterocycles. The van der Waals surface area contributed by atoms with Crippen LogP contribution >= 0.6 is 0 Å². The van der Waals surface area contributed by atoms with E-state index in [2.05, 4.69) is 5.32 Å². The molecule has 17 heavy (non-hydrogen) atoms. The maximum Gasteiger partial charge on any atom is 0.339 e. The Morgan fingerprint density at radius 2 is 2.53 bits per heavy atom. The van der Waals surface area contributed by atoms with Crippen molar-refractivity contribution in [3.8, 4) is 0 Å². The highest BCUT2D eigenvalue weighted by atomic mass is 19.1. The smallest absolute Gasteiger partial charge is 0.339 e. The van der Waals surface area contributed by atoms with E-state index < -0.39 is 18.0 Å². The zero-order chi connectivity index (χ0) is 12.4. The third kappa shape index (κ3) is 2.31. The molecule has 5 nitrogen and oxygen atoms in total. The van der Waals surface area contributed by atoms with Gasteiger partial charge in [-0.15, -0.1) is 0 Å². The van der Waals surface area contributed by atoms with Crippen LogP contribution in [0.2, 0.25) is 0 Å². The van der Waals surface area contributed by atoms with Crippen molar-refractivity contribution in [2.75, 3.05) is 6.61 Å². The summed E-state index contributed by atoms with van der Waals surface area (Å²) in [5.74, 6) is -0.924. The van der Waals surface area contributed by atoms with Gasteiger partial charge >= 0.3 is 5.97 Å². The van der Waals surface area contributed by atoms with Crippen LogP contribution in [-0.4, -0.2) is 29.0 Å². The number of fused-ring (bicyclic) bond motifs is 1. The molecule has 6 heteroatoms. The summed E-state index contributed by atoms with van der Waals surface area (Å²) in [6.45, 7) is 1.99. The van der Waals surface area contributed by atoms with Crippen molar-refractivity contribution in [1.29, 1.82) is 0 Å². The van der Waals surface area contributed by atoms with Crippen LogP contribution in [-0.2, 0) is 9.53 Å². The summed E-state index contributed by atoms with van der Waals surface area (Å²) in [5, 5.41) is 13.0. The summed E-state index contributed by atoms with van der Waals surface area (Å²) in [6.07, 6.45) is 3.55. The second-order valence-corrected chi connectivity index (χ2v) is 3.74.